The standard InChI is InChI=1S/C11H11N3O/c1-3-15-10-7-5-4-6-9(10)11-12-8(2)13-14-11/h3-7H,1H2,2H3,(H,12,13,14). The fraction of sp³-hybridized carbons (Fsp3) is 0.0909. The Hall–Kier alpha value is -2.10. The van der Waals surface area contributed by atoms with Crippen molar-refractivity contribution >= 4 is 0 Å². The van der Waals surface area contributed by atoms with E-state index in [4.69, 9.17) is 4.74 Å². The average molecular weight is 201 g/mol. The zero-order chi connectivity index (χ0) is 10.7. The summed E-state index contributed by atoms with van der Waals surface area (Å²) in [5.41, 5.74) is 0.849. The van der Waals surface area contributed by atoms with Gasteiger partial charge in [0.05, 0.1) is 11.8 Å². The summed E-state index contributed by atoms with van der Waals surface area (Å²) in [6.45, 7) is 5.38. The van der Waals surface area contributed by atoms with E-state index >= 15 is 0 Å². The average Bonchev–Trinajstić information content (AvgIpc) is 2.66. The Morgan fingerprint density at radius 3 is 2.87 bits per heavy atom. The van der Waals surface area contributed by atoms with E-state index in [1.165, 1.54) is 6.26 Å². The van der Waals surface area contributed by atoms with Crippen LogP contribution in [0.2, 0.25) is 0 Å². The SMILES string of the molecule is C=COc1ccccc1-c1n[nH]c(C)n1. The molecular formula is C11H11N3O. The zero-order valence-corrected chi connectivity index (χ0v) is 8.40. The third-order valence-electron chi connectivity index (χ3n) is 1.94. The summed E-state index contributed by atoms with van der Waals surface area (Å²) in [5.74, 6) is 2.11. The van der Waals surface area contributed by atoms with Crippen LogP contribution in [0.3, 0.4) is 0 Å². The van der Waals surface area contributed by atoms with Crippen molar-refractivity contribution in [2.45, 2.75) is 6.92 Å². The molecule has 4 nitrogen and oxygen atoms in total. The number of nitrogens with zero attached hydrogens (tertiary/aromatic N) is 2. The summed E-state index contributed by atoms with van der Waals surface area (Å²) in [6.07, 6.45) is 1.39. The lowest BCUT2D eigenvalue weighted by Crippen LogP contribution is -1.87. The molecule has 1 heterocycles. The van der Waals surface area contributed by atoms with Crippen LogP contribution >= 0.6 is 0 Å². The Morgan fingerprint density at radius 2 is 2.20 bits per heavy atom. The molecule has 1 N–H and O–H groups in total. The van der Waals surface area contributed by atoms with E-state index < -0.39 is 0 Å². The van der Waals surface area contributed by atoms with E-state index in [0.717, 1.165) is 11.4 Å². The van der Waals surface area contributed by atoms with Crippen LogP contribution in [-0.4, -0.2) is 15.2 Å². The van der Waals surface area contributed by atoms with Gasteiger partial charge in [-0.2, -0.15) is 5.10 Å². The van der Waals surface area contributed by atoms with Crippen LogP contribution in [0.5, 0.6) is 5.75 Å². The van der Waals surface area contributed by atoms with Crippen molar-refractivity contribution in [2.75, 3.05) is 0 Å². The second kappa shape index (κ2) is 3.96. The summed E-state index contributed by atoms with van der Waals surface area (Å²) >= 11 is 0. The topological polar surface area (TPSA) is 50.8 Å². The first kappa shape index (κ1) is 9.45. The van der Waals surface area contributed by atoms with Gasteiger partial charge in [-0.3, -0.25) is 5.10 Å². The monoisotopic (exact) mass is 201 g/mol. The number of ether oxygens (including phenoxy) is 1. The number of rotatable bonds is 3. The predicted molar refractivity (Wildman–Crippen MR) is 57.4 cm³/mol. The maximum absolute atomic E-state index is 5.27. The number of hydrogen-bond donors (Lipinski definition) is 1. The first-order valence-electron chi connectivity index (χ1n) is 4.57. The van der Waals surface area contributed by atoms with E-state index in [0.29, 0.717) is 11.6 Å². The second-order valence-corrected chi connectivity index (χ2v) is 3.03. The molecule has 0 amide bonds. The first-order chi connectivity index (χ1) is 7.31. The number of benzene rings is 1. The molecule has 15 heavy (non-hydrogen) atoms. The predicted octanol–water partition coefficient (Wildman–Crippen LogP) is 2.30. The van der Waals surface area contributed by atoms with Gasteiger partial charge in [0.15, 0.2) is 5.82 Å². The highest BCUT2D eigenvalue weighted by molar-refractivity contribution is 5.63. The minimum absolute atomic E-state index is 0.630. The van der Waals surface area contributed by atoms with Crippen LogP contribution in [0.25, 0.3) is 11.4 Å². The minimum atomic E-state index is 0.630. The Morgan fingerprint density at radius 1 is 1.40 bits per heavy atom. The Balaban J connectivity index is 2.47. The molecule has 0 aliphatic heterocycles. The maximum Gasteiger partial charge on any atom is 0.184 e. The summed E-state index contributed by atoms with van der Waals surface area (Å²) in [7, 11) is 0. The fourth-order valence-electron chi connectivity index (χ4n) is 1.31. The van der Waals surface area contributed by atoms with Gasteiger partial charge in [-0.15, -0.1) is 0 Å². The number of H-pyrrole nitrogens is 1. The molecule has 2 rings (SSSR count). The molecule has 0 fully saturated rings. The van der Waals surface area contributed by atoms with Crippen LogP contribution in [0.15, 0.2) is 37.1 Å². The molecule has 0 aliphatic carbocycles. The van der Waals surface area contributed by atoms with Crippen molar-refractivity contribution in [3.63, 3.8) is 0 Å². The van der Waals surface area contributed by atoms with E-state index in [1.807, 2.05) is 31.2 Å². The molecule has 0 saturated carbocycles. The highest BCUT2D eigenvalue weighted by Crippen LogP contribution is 2.26. The quantitative estimate of drug-likeness (QED) is 0.775. The van der Waals surface area contributed by atoms with Gasteiger partial charge in [-0.05, 0) is 19.1 Å². The van der Waals surface area contributed by atoms with Crippen molar-refractivity contribution in [3.05, 3.63) is 42.9 Å². The van der Waals surface area contributed by atoms with Crippen LogP contribution in [0, 0.1) is 6.92 Å². The van der Waals surface area contributed by atoms with Crippen molar-refractivity contribution < 1.29 is 4.74 Å². The van der Waals surface area contributed by atoms with Gasteiger partial charge in [0.2, 0.25) is 0 Å². The van der Waals surface area contributed by atoms with E-state index in [9.17, 15) is 0 Å². The van der Waals surface area contributed by atoms with Crippen LogP contribution < -0.4 is 4.74 Å². The lowest BCUT2D eigenvalue weighted by atomic mass is 10.2. The summed E-state index contributed by atoms with van der Waals surface area (Å²) < 4.78 is 5.27. The van der Waals surface area contributed by atoms with Gasteiger partial charge in [0, 0.05) is 0 Å². The highest BCUT2D eigenvalue weighted by Gasteiger charge is 2.08. The smallest absolute Gasteiger partial charge is 0.184 e. The van der Waals surface area contributed by atoms with Gasteiger partial charge in [0.1, 0.15) is 11.6 Å². The van der Waals surface area contributed by atoms with Gasteiger partial charge in [-0.25, -0.2) is 4.98 Å². The van der Waals surface area contributed by atoms with E-state index in [2.05, 4.69) is 21.8 Å². The lowest BCUT2D eigenvalue weighted by molar-refractivity contribution is 0.485. The molecule has 0 bridgehead atoms. The molecular weight excluding hydrogens is 190 g/mol. The van der Waals surface area contributed by atoms with Gasteiger partial charge in [-0.1, -0.05) is 18.7 Å². The fourth-order valence-corrected chi connectivity index (χ4v) is 1.31. The van der Waals surface area contributed by atoms with Crippen molar-refractivity contribution in [3.8, 4) is 17.1 Å². The third kappa shape index (κ3) is 1.88. The number of aromatic amines is 1. The highest BCUT2D eigenvalue weighted by atomic mass is 16.5. The molecule has 0 radical (unpaired) electrons. The largest absolute Gasteiger partial charge is 0.465 e. The second-order valence-electron chi connectivity index (χ2n) is 3.03. The van der Waals surface area contributed by atoms with Gasteiger partial charge >= 0.3 is 0 Å². The molecule has 1 aromatic heterocycles. The summed E-state index contributed by atoms with van der Waals surface area (Å²) in [4.78, 5) is 4.24. The Labute approximate surface area is 87.6 Å². The number of nitrogens with one attached hydrogen (secondary N) is 1. The number of aryl methyl sites for hydroxylation is 1. The van der Waals surface area contributed by atoms with Gasteiger partial charge in [0.25, 0.3) is 0 Å². The zero-order valence-electron chi connectivity index (χ0n) is 8.40. The molecule has 0 spiro atoms. The van der Waals surface area contributed by atoms with Crippen LogP contribution in [0.4, 0.5) is 0 Å². The van der Waals surface area contributed by atoms with Gasteiger partial charge < -0.3 is 4.74 Å². The Kier molecular flexibility index (Phi) is 2.49. The molecule has 0 atom stereocenters. The van der Waals surface area contributed by atoms with Crippen LogP contribution in [0.1, 0.15) is 5.82 Å². The molecule has 0 aliphatic rings. The van der Waals surface area contributed by atoms with Crippen molar-refractivity contribution in [1.29, 1.82) is 0 Å². The maximum atomic E-state index is 5.27. The number of para-hydroxylation sites is 1. The molecule has 1 aromatic carbocycles. The molecule has 0 unspecified atom stereocenters. The molecule has 0 saturated heterocycles. The number of aromatic nitrogens is 3. The summed E-state index contributed by atoms with van der Waals surface area (Å²) in [6, 6.07) is 7.56. The number of hydrogen-bond acceptors (Lipinski definition) is 3. The van der Waals surface area contributed by atoms with Crippen molar-refractivity contribution in [1.82, 2.24) is 15.2 Å². The first-order valence-corrected chi connectivity index (χ1v) is 4.57. The van der Waals surface area contributed by atoms with E-state index in [1.54, 1.807) is 0 Å². The molecule has 76 valence electrons. The normalized spacial score (nSPS) is 9.93. The summed E-state index contributed by atoms with van der Waals surface area (Å²) in [5, 5.41) is 6.87. The third-order valence-corrected chi connectivity index (χ3v) is 1.94. The molecule has 2 aromatic rings. The Bertz CT molecular complexity index is 476. The van der Waals surface area contributed by atoms with E-state index in [-0.39, 0.29) is 0 Å². The minimum Gasteiger partial charge on any atom is -0.465 e. The lowest BCUT2D eigenvalue weighted by Gasteiger charge is -2.03. The van der Waals surface area contributed by atoms with Crippen molar-refractivity contribution in [2.24, 2.45) is 0 Å². The van der Waals surface area contributed by atoms with Crippen LogP contribution in [-0.2, 0) is 0 Å². The molecule has 4 heteroatoms.